The zero-order valence-electron chi connectivity index (χ0n) is 13.2. The fourth-order valence-corrected chi connectivity index (χ4v) is 2.39. The average Bonchev–Trinajstić information content (AvgIpc) is 3.13. The summed E-state index contributed by atoms with van der Waals surface area (Å²) in [6.07, 6.45) is 5.18. The summed E-state index contributed by atoms with van der Waals surface area (Å²) in [5.41, 5.74) is 5.50. The Labute approximate surface area is 153 Å². The summed E-state index contributed by atoms with van der Waals surface area (Å²) in [5, 5.41) is 10.8. The zero-order valence-corrected chi connectivity index (χ0v) is 14.8. The summed E-state index contributed by atoms with van der Waals surface area (Å²) in [4.78, 5) is 12.0. The van der Waals surface area contributed by atoms with E-state index in [0.29, 0.717) is 11.4 Å². The Morgan fingerprint density at radius 1 is 1.12 bits per heavy atom. The summed E-state index contributed by atoms with van der Waals surface area (Å²) >= 11 is 3.39. The first-order chi connectivity index (χ1) is 12.2. The molecule has 0 atom stereocenters. The number of carbonyl (C=O) groups excluding carboxylic acids is 1. The molecule has 0 spiro atoms. The smallest absolute Gasteiger partial charge is 0.272 e. The van der Waals surface area contributed by atoms with Crippen LogP contribution in [0.2, 0.25) is 0 Å². The standard InChI is InChI=1S/C19H15BrN4O/c20-16-10-8-15(9-11-16)17-13-18(23-22-17)19(25)24-21-12-4-7-14-5-2-1-3-6-14/h1-13H,(H,22,23)(H,24,25)/b7-4+,21-12+. The van der Waals surface area contributed by atoms with Crippen molar-refractivity contribution in [1.82, 2.24) is 15.6 Å². The van der Waals surface area contributed by atoms with Gasteiger partial charge in [-0.2, -0.15) is 10.2 Å². The molecule has 1 amide bonds. The molecule has 0 saturated heterocycles. The Morgan fingerprint density at radius 3 is 2.64 bits per heavy atom. The van der Waals surface area contributed by atoms with Crippen molar-refractivity contribution in [2.75, 3.05) is 0 Å². The average molecular weight is 395 g/mol. The molecule has 0 aliphatic heterocycles. The number of amides is 1. The second-order valence-corrected chi connectivity index (χ2v) is 6.08. The molecule has 25 heavy (non-hydrogen) atoms. The second kappa shape index (κ2) is 8.21. The van der Waals surface area contributed by atoms with Crippen molar-refractivity contribution in [1.29, 1.82) is 0 Å². The number of nitrogens with zero attached hydrogens (tertiary/aromatic N) is 2. The van der Waals surface area contributed by atoms with Gasteiger partial charge in [0, 0.05) is 16.3 Å². The summed E-state index contributed by atoms with van der Waals surface area (Å²) < 4.78 is 0.989. The fourth-order valence-electron chi connectivity index (χ4n) is 2.12. The van der Waals surface area contributed by atoms with Gasteiger partial charge in [0.05, 0.1) is 5.69 Å². The van der Waals surface area contributed by atoms with Crippen LogP contribution >= 0.6 is 15.9 Å². The van der Waals surface area contributed by atoms with Crippen molar-refractivity contribution in [3.63, 3.8) is 0 Å². The van der Waals surface area contributed by atoms with E-state index >= 15 is 0 Å². The molecule has 124 valence electrons. The molecule has 2 N–H and O–H groups in total. The van der Waals surface area contributed by atoms with E-state index in [1.165, 1.54) is 6.21 Å². The van der Waals surface area contributed by atoms with E-state index in [-0.39, 0.29) is 5.91 Å². The van der Waals surface area contributed by atoms with Gasteiger partial charge in [-0.1, -0.05) is 64.5 Å². The van der Waals surface area contributed by atoms with Crippen molar-refractivity contribution >= 4 is 34.1 Å². The van der Waals surface area contributed by atoms with Gasteiger partial charge in [0.25, 0.3) is 5.91 Å². The minimum Gasteiger partial charge on any atom is -0.272 e. The number of hydrogen-bond donors (Lipinski definition) is 2. The van der Waals surface area contributed by atoms with E-state index in [4.69, 9.17) is 0 Å². The number of aromatic nitrogens is 2. The second-order valence-electron chi connectivity index (χ2n) is 5.16. The highest BCUT2D eigenvalue weighted by Gasteiger charge is 2.10. The quantitative estimate of drug-likeness (QED) is 0.501. The number of allylic oxidation sites excluding steroid dienone is 1. The van der Waals surface area contributed by atoms with Crippen LogP contribution in [0.5, 0.6) is 0 Å². The number of rotatable bonds is 5. The van der Waals surface area contributed by atoms with Crippen molar-refractivity contribution in [3.05, 3.63) is 82.5 Å². The molecule has 0 radical (unpaired) electrons. The van der Waals surface area contributed by atoms with E-state index in [0.717, 1.165) is 15.6 Å². The van der Waals surface area contributed by atoms with E-state index in [1.807, 2.05) is 60.7 Å². The third-order valence-corrected chi connectivity index (χ3v) is 3.91. The Balaban J connectivity index is 1.57. The first-order valence-corrected chi connectivity index (χ1v) is 8.38. The maximum Gasteiger partial charge on any atom is 0.289 e. The monoisotopic (exact) mass is 394 g/mol. The molecular weight excluding hydrogens is 380 g/mol. The minimum atomic E-state index is -0.347. The van der Waals surface area contributed by atoms with E-state index in [2.05, 4.69) is 36.7 Å². The van der Waals surface area contributed by atoms with Crippen molar-refractivity contribution < 1.29 is 4.79 Å². The van der Waals surface area contributed by atoms with Crippen molar-refractivity contribution in [3.8, 4) is 11.3 Å². The number of benzene rings is 2. The van der Waals surface area contributed by atoms with Crippen LogP contribution in [0.15, 0.2) is 76.3 Å². The number of aromatic amines is 1. The highest BCUT2D eigenvalue weighted by molar-refractivity contribution is 9.10. The van der Waals surface area contributed by atoms with Crippen LogP contribution in [0.1, 0.15) is 16.1 Å². The lowest BCUT2D eigenvalue weighted by molar-refractivity contribution is 0.0950. The molecule has 0 unspecified atom stereocenters. The van der Waals surface area contributed by atoms with Gasteiger partial charge in [0.2, 0.25) is 0 Å². The summed E-state index contributed by atoms with van der Waals surface area (Å²) in [7, 11) is 0. The number of carbonyl (C=O) groups is 1. The third-order valence-electron chi connectivity index (χ3n) is 3.38. The molecule has 0 bridgehead atoms. The molecular formula is C19H15BrN4O. The molecule has 6 heteroatoms. The number of H-pyrrole nitrogens is 1. The predicted molar refractivity (Wildman–Crippen MR) is 103 cm³/mol. The maximum absolute atomic E-state index is 12.0. The van der Waals surface area contributed by atoms with Crippen LogP contribution in [0.25, 0.3) is 17.3 Å². The summed E-state index contributed by atoms with van der Waals surface area (Å²) in [5.74, 6) is -0.347. The van der Waals surface area contributed by atoms with Crippen LogP contribution < -0.4 is 5.43 Å². The molecule has 1 heterocycles. The lowest BCUT2D eigenvalue weighted by atomic mass is 10.1. The molecule has 0 aliphatic carbocycles. The largest absolute Gasteiger partial charge is 0.289 e. The summed E-state index contributed by atoms with van der Waals surface area (Å²) in [6, 6.07) is 19.2. The minimum absolute atomic E-state index is 0.347. The van der Waals surface area contributed by atoms with Crippen LogP contribution in [0, 0.1) is 0 Å². The molecule has 0 aliphatic rings. The lowest BCUT2D eigenvalue weighted by Crippen LogP contribution is -2.17. The summed E-state index contributed by atoms with van der Waals surface area (Å²) in [6.45, 7) is 0. The van der Waals surface area contributed by atoms with Gasteiger partial charge >= 0.3 is 0 Å². The number of hydrazone groups is 1. The fraction of sp³-hybridized carbons (Fsp3) is 0. The van der Waals surface area contributed by atoms with Gasteiger partial charge in [0.1, 0.15) is 5.69 Å². The maximum atomic E-state index is 12.0. The topological polar surface area (TPSA) is 70.1 Å². The number of hydrogen-bond acceptors (Lipinski definition) is 3. The highest BCUT2D eigenvalue weighted by atomic mass is 79.9. The molecule has 3 aromatic rings. The Hall–Kier alpha value is -2.99. The Bertz CT molecular complexity index is 899. The van der Waals surface area contributed by atoms with Crippen molar-refractivity contribution in [2.45, 2.75) is 0 Å². The van der Waals surface area contributed by atoms with Crippen LogP contribution in [0.3, 0.4) is 0 Å². The highest BCUT2D eigenvalue weighted by Crippen LogP contribution is 2.20. The molecule has 1 aromatic heterocycles. The van der Waals surface area contributed by atoms with Gasteiger partial charge in [-0.15, -0.1) is 0 Å². The SMILES string of the molecule is O=C(N/N=C/C=C/c1ccccc1)c1cc(-c2ccc(Br)cc2)n[nH]1. The van der Waals surface area contributed by atoms with Crippen LogP contribution in [-0.4, -0.2) is 22.3 Å². The zero-order chi connectivity index (χ0) is 17.5. The molecule has 0 saturated carbocycles. The Morgan fingerprint density at radius 2 is 1.88 bits per heavy atom. The van der Waals surface area contributed by atoms with Gasteiger partial charge in [-0.3, -0.25) is 9.89 Å². The van der Waals surface area contributed by atoms with Crippen molar-refractivity contribution in [2.24, 2.45) is 5.10 Å². The van der Waals surface area contributed by atoms with Gasteiger partial charge in [-0.05, 0) is 29.8 Å². The molecule has 5 nitrogen and oxygen atoms in total. The van der Waals surface area contributed by atoms with Gasteiger partial charge in [-0.25, -0.2) is 5.43 Å². The molecule has 0 fully saturated rings. The number of nitrogens with one attached hydrogen (secondary N) is 2. The van der Waals surface area contributed by atoms with E-state index in [9.17, 15) is 4.79 Å². The molecule has 2 aromatic carbocycles. The van der Waals surface area contributed by atoms with Crippen LogP contribution in [-0.2, 0) is 0 Å². The van der Waals surface area contributed by atoms with Crippen LogP contribution in [0.4, 0.5) is 0 Å². The lowest BCUT2D eigenvalue weighted by Gasteiger charge is -1.95. The van der Waals surface area contributed by atoms with Gasteiger partial charge < -0.3 is 0 Å². The van der Waals surface area contributed by atoms with Gasteiger partial charge in [0.15, 0.2) is 0 Å². The van der Waals surface area contributed by atoms with E-state index < -0.39 is 0 Å². The van der Waals surface area contributed by atoms with E-state index in [1.54, 1.807) is 12.1 Å². The molecule has 3 rings (SSSR count). The Kier molecular flexibility index (Phi) is 5.53. The third kappa shape index (κ3) is 4.74. The normalized spacial score (nSPS) is 11.2. The first-order valence-electron chi connectivity index (χ1n) is 7.59. The predicted octanol–water partition coefficient (Wildman–Crippen LogP) is 4.27. The first kappa shape index (κ1) is 16.9. The number of halogens is 1.